The number of phosphoric ester groups is 1. The number of hydrogen-bond acceptors (Lipinski definition) is 6. The molecule has 39 heavy (non-hydrogen) atoms. The van der Waals surface area contributed by atoms with Crippen LogP contribution in [0.1, 0.15) is 18.7 Å². The zero-order chi connectivity index (χ0) is 28.2. The summed E-state index contributed by atoms with van der Waals surface area (Å²) in [6, 6.07) is 18.5. The Kier molecular flexibility index (Phi) is 8.41. The van der Waals surface area contributed by atoms with Gasteiger partial charge in [-0.3, -0.25) is 9.32 Å². The van der Waals surface area contributed by atoms with Crippen LogP contribution in [-0.4, -0.2) is 50.8 Å². The summed E-state index contributed by atoms with van der Waals surface area (Å²) in [7, 11) is -0.924. The van der Waals surface area contributed by atoms with Gasteiger partial charge in [0.2, 0.25) is 5.91 Å². The average molecular weight is 546 g/mol. The number of amides is 1. The molecule has 2 heterocycles. The Hall–Kier alpha value is -4.10. The van der Waals surface area contributed by atoms with Crippen molar-refractivity contribution in [3.05, 3.63) is 84.7 Å². The molecule has 0 saturated carbocycles. The molecule has 11 heteroatoms. The van der Waals surface area contributed by atoms with Crippen LogP contribution in [0.25, 0.3) is 33.3 Å². The fourth-order valence-corrected chi connectivity index (χ4v) is 4.63. The molecule has 0 bridgehead atoms. The molecule has 10 nitrogen and oxygen atoms in total. The molecule has 1 atom stereocenters. The zero-order valence-electron chi connectivity index (χ0n) is 21.6. The van der Waals surface area contributed by atoms with Gasteiger partial charge >= 0.3 is 7.82 Å². The molecule has 4 aromatic rings. The molecule has 3 N–H and O–H groups in total. The van der Waals surface area contributed by atoms with Gasteiger partial charge in [0.25, 0.3) is 0 Å². The molecular formula is C28H28N5O5P. The van der Waals surface area contributed by atoms with Crippen molar-refractivity contribution in [1.29, 1.82) is 5.26 Å². The topological polar surface area (TPSA) is 141 Å². The maximum atomic E-state index is 12.3. The minimum atomic E-state index is -4.76. The van der Waals surface area contributed by atoms with Gasteiger partial charge in [-0.05, 0) is 62.5 Å². The predicted octanol–water partition coefficient (Wildman–Crippen LogP) is 4.93. The molecule has 1 unspecified atom stereocenters. The smallest absolute Gasteiger partial charge is 0.323 e. The van der Waals surface area contributed by atoms with Crippen LogP contribution in [0.3, 0.4) is 0 Å². The number of pyridine rings is 1. The van der Waals surface area contributed by atoms with Gasteiger partial charge in [-0.1, -0.05) is 30.3 Å². The van der Waals surface area contributed by atoms with Crippen LogP contribution in [0.5, 0.6) is 0 Å². The second-order valence-electron chi connectivity index (χ2n) is 9.17. The second kappa shape index (κ2) is 11.7. The van der Waals surface area contributed by atoms with Crippen LogP contribution < -0.4 is 5.32 Å². The third kappa shape index (κ3) is 7.06. The molecule has 0 spiro atoms. The molecular weight excluding hydrogens is 517 g/mol. The third-order valence-electron chi connectivity index (χ3n) is 5.86. The largest absolute Gasteiger partial charge is 0.471 e. The Balaban J connectivity index is 1.76. The summed E-state index contributed by atoms with van der Waals surface area (Å²) >= 11 is 0. The quantitative estimate of drug-likeness (QED) is 0.199. The first kappa shape index (κ1) is 27.9. The summed E-state index contributed by atoms with van der Waals surface area (Å²) in [5, 5.41) is 12.9. The summed E-state index contributed by atoms with van der Waals surface area (Å²) in [4.78, 5) is 37.6. The summed E-state index contributed by atoms with van der Waals surface area (Å²) in [6.07, 6.45) is 5.61. The number of nitriles is 1. The van der Waals surface area contributed by atoms with Gasteiger partial charge in [0.1, 0.15) is 11.9 Å². The van der Waals surface area contributed by atoms with E-state index >= 15 is 0 Å². The number of nitrogens with one attached hydrogen (secondary N) is 1. The second-order valence-corrected chi connectivity index (χ2v) is 10.4. The minimum absolute atomic E-state index is 0.238. The fraction of sp³-hybridized carbons (Fsp3) is 0.179. The van der Waals surface area contributed by atoms with Gasteiger partial charge in [-0.2, -0.15) is 5.26 Å². The maximum absolute atomic E-state index is 12.3. The van der Waals surface area contributed by atoms with Crippen molar-refractivity contribution in [2.24, 2.45) is 0 Å². The van der Waals surface area contributed by atoms with E-state index in [-0.39, 0.29) is 5.91 Å². The number of likely N-dealkylation sites (N-methyl/N-ethyl adjacent to an activating group) is 1. The van der Waals surface area contributed by atoms with E-state index in [9.17, 15) is 24.4 Å². The number of benzene rings is 2. The number of nitrogens with zero attached hydrogens (tertiary/aromatic N) is 4. The monoisotopic (exact) mass is 545 g/mol. The van der Waals surface area contributed by atoms with E-state index in [4.69, 9.17) is 4.52 Å². The molecule has 4 rings (SSSR count). The number of hydrogen-bond donors (Lipinski definition) is 3. The maximum Gasteiger partial charge on any atom is 0.471 e. The Morgan fingerprint density at radius 1 is 1.18 bits per heavy atom. The molecule has 200 valence electrons. The number of aromatic nitrogens is 2. The number of phosphoric acid groups is 1. The highest BCUT2D eigenvalue weighted by molar-refractivity contribution is 7.46. The molecule has 0 aliphatic carbocycles. The van der Waals surface area contributed by atoms with Gasteiger partial charge < -0.3 is 24.6 Å². The molecule has 0 radical (unpaired) electrons. The van der Waals surface area contributed by atoms with Crippen LogP contribution in [0.4, 0.5) is 5.69 Å². The highest BCUT2D eigenvalue weighted by atomic mass is 31.2. The summed E-state index contributed by atoms with van der Waals surface area (Å²) in [6.45, 7) is 2.17. The Labute approximate surface area is 226 Å². The Morgan fingerprint density at radius 3 is 2.64 bits per heavy atom. The lowest BCUT2D eigenvalue weighted by atomic mass is 10.0. The minimum Gasteiger partial charge on any atom is -0.323 e. The van der Waals surface area contributed by atoms with Gasteiger partial charge in [0, 0.05) is 47.2 Å². The molecule has 0 aliphatic heterocycles. The fourth-order valence-electron chi connectivity index (χ4n) is 4.13. The Bertz CT molecular complexity index is 1630. The van der Waals surface area contributed by atoms with Crippen molar-refractivity contribution in [1.82, 2.24) is 14.5 Å². The molecule has 0 aliphatic rings. The lowest BCUT2D eigenvalue weighted by Crippen LogP contribution is -2.12. The van der Waals surface area contributed by atoms with E-state index in [1.165, 1.54) is 13.0 Å². The number of fused-ring (bicyclic) bond motifs is 1. The van der Waals surface area contributed by atoms with Crippen molar-refractivity contribution in [2.75, 3.05) is 26.0 Å². The molecule has 1 amide bonds. The lowest BCUT2D eigenvalue weighted by molar-refractivity contribution is -0.111. The predicted molar refractivity (Wildman–Crippen MR) is 149 cm³/mol. The van der Waals surface area contributed by atoms with E-state index in [1.54, 1.807) is 47.3 Å². The zero-order valence-corrected chi connectivity index (χ0v) is 22.5. The van der Waals surface area contributed by atoms with E-state index in [2.05, 4.69) is 16.4 Å². The van der Waals surface area contributed by atoms with Gasteiger partial charge in [-0.25, -0.2) is 9.55 Å². The molecule has 0 saturated heterocycles. The van der Waals surface area contributed by atoms with Crippen molar-refractivity contribution in [3.8, 4) is 28.3 Å². The first-order valence-corrected chi connectivity index (χ1v) is 13.5. The van der Waals surface area contributed by atoms with Crippen LogP contribution in [-0.2, 0) is 13.9 Å². The highest BCUT2D eigenvalue weighted by Crippen LogP contribution is 2.42. The summed E-state index contributed by atoms with van der Waals surface area (Å²) in [5.41, 5.74) is 4.57. The van der Waals surface area contributed by atoms with E-state index in [1.807, 2.05) is 49.3 Å². The van der Waals surface area contributed by atoms with E-state index < -0.39 is 14.1 Å². The van der Waals surface area contributed by atoms with Crippen molar-refractivity contribution < 1.29 is 23.7 Å². The number of rotatable bonds is 9. The van der Waals surface area contributed by atoms with Crippen LogP contribution in [0.2, 0.25) is 0 Å². The normalized spacial score (nSPS) is 12.6. The standard InChI is InChI=1S/C28H28N5O5P/c1-19(38-39(35,36)37)33-18-26(22-9-4-7-20(13-22)16-29)25-15-23(17-30-28(25)33)21-8-5-10-24(14-21)31-27(34)11-6-12-32(2)3/h4-11,13-15,17-19H,12H2,1-3H3,(H,31,34)(H2,35,36,37). The van der Waals surface area contributed by atoms with E-state index in [0.29, 0.717) is 34.4 Å². The molecule has 2 aromatic carbocycles. The first-order valence-electron chi connectivity index (χ1n) is 12.0. The SMILES string of the molecule is CC(OP(=O)(O)O)n1cc(-c2cccc(C#N)c2)c2cc(-c3cccc(NC(=O)C=CCN(C)C)c3)cnc21. The van der Waals surface area contributed by atoms with Crippen molar-refractivity contribution in [2.45, 2.75) is 13.2 Å². The molecule has 0 fully saturated rings. The Morgan fingerprint density at radius 2 is 1.92 bits per heavy atom. The summed E-state index contributed by atoms with van der Waals surface area (Å²) < 4.78 is 18.0. The lowest BCUT2D eigenvalue weighted by Gasteiger charge is -2.16. The summed E-state index contributed by atoms with van der Waals surface area (Å²) in [5.74, 6) is -0.238. The number of carbonyl (C=O) groups excluding carboxylic acids is 1. The number of carbonyl (C=O) groups is 1. The first-order chi connectivity index (χ1) is 18.5. The van der Waals surface area contributed by atoms with Gasteiger partial charge in [-0.15, -0.1) is 0 Å². The van der Waals surface area contributed by atoms with E-state index in [0.717, 1.165) is 16.7 Å². The average Bonchev–Trinajstić information content (AvgIpc) is 3.27. The van der Waals surface area contributed by atoms with Crippen LogP contribution in [0.15, 0.2) is 79.1 Å². The van der Waals surface area contributed by atoms with Gasteiger partial charge in [0.05, 0.1) is 11.6 Å². The van der Waals surface area contributed by atoms with Crippen LogP contribution >= 0.6 is 7.82 Å². The molecule has 2 aromatic heterocycles. The highest BCUT2D eigenvalue weighted by Gasteiger charge is 2.23. The van der Waals surface area contributed by atoms with Crippen molar-refractivity contribution >= 4 is 30.5 Å². The number of anilines is 1. The van der Waals surface area contributed by atoms with Crippen LogP contribution in [0, 0.1) is 11.3 Å². The van der Waals surface area contributed by atoms with Crippen molar-refractivity contribution in [3.63, 3.8) is 0 Å². The third-order valence-corrected chi connectivity index (χ3v) is 6.44. The van der Waals surface area contributed by atoms with Gasteiger partial charge in [0.15, 0.2) is 0 Å².